The third-order valence-electron chi connectivity index (χ3n) is 2.31. The first kappa shape index (κ1) is 13.2. The number of anilines is 2. The molecule has 0 unspecified atom stereocenters. The molecule has 0 atom stereocenters. The highest BCUT2D eigenvalue weighted by molar-refractivity contribution is 7.92. The van der Waals surface area contributed by atoms with Crippen molar-refractivity contribution in [2.24, 2.45) is 0 Å². The lowest BCUT2D eigenvalue weighted by Gasteiger charge is -2.09. The van der Waals surface area contributed by atoms with Crippen molar-refractivity contribution in [3.8, 4) is 0 Å². The Labute approximate surface area is 109 Å². The lowest BCUT2D eigenvalue weighted by atomic mass is 10.3. The zero-order valence-corrected chi connectivity index (χ0v) is 10.8. The van der Waals surface area contributed by atoms with E-state index in [0.717, 1.165) is 6.07 Å². The summed E-state index contributed by atoms with van der Waals surface area (Å²) in [4.78, 5) is 7.37. The second-order valence-corrected chi connectivity index (χ2v) is 5.43. The van der Waals surface area contributed by atoms with Gasteiger partial charge in [-0.25, -0.2) is 14.4 Å². The van der Waals surface area contributed by atoms with Gasteiger partial charge in [0.05, 0.1) is 11.9 Å². The van der Waals surface area contributed by atoms with Gasteiger partial charge in [0.15, 0.2) is 5.82 Å². The molecule has 0 spiro atoms. The van der Waals surface area contributed by atoms with Crippen molar-refractivity contribution >= 4 is 21.5 Å². The Morgan fingerprint density at radius 1 is 1.37 bits per heavy atom. The van der Waals surface area contributed by atoms with E-state index < -0.39 is 20.9 Å². The first-order valence-corrected chi connectivity index (χ1v) is 6.74. The smallest absolute Gasteiger partial charge is 0.283 e. The van der Waals surface area contributed by atoms with Crippen LogP contribution in [0.4, 0.5) is 15.9 Å². The number of hydrogen-bond donors (Lipinski definition) is 2. The molecule has 0 aliphatic carbocycles. The highest BCUT2D eigenvalue weighted by Crippen LogP contribution is 2.19. The van der Waals surface area contributed by atoms with Gasteiger partial charge in [-0.15, -0.1) is 0 Å². The summed E-state index contributed by atoms with van der Waals surface area (Å²) in [5.41, 5.74) is 6.45. The van der Waals surface area contributed by atoms with Crippen LogP contribution in [0.5, 0.6) is 0 Å². The fraction of sp³-hybridized carbons (Fsp3) is 0.0909. The fourth-order valence-electron chi connectivity index (χ4n) is 1.45. The van der Waals surface area contributed by atoms with E-state index in [9.17, 15) is 12.8 Å². The molecule has 2 rings (SSSR count). The summed E-state index contributed by atoms with van der Waals surface area (Å²) < 4.78 is 39.6. The molecular weight excluding hydrogens is 271 g/mol. The van der Waals surface area contributed by atoms with Gasteiger partial charge in [0.25, 0.3) is 10.0 Å². The van der Waals surface area contributed by atoms with E-state index >= 15 is 0 Å². The minimum Gasteiger partial charge on any atom is -0.397 e. The second kappa shape index (κ2) is 4.81. The average Bonchev–Trinajstić information content (AvgIpc) is 2.33. The molecule has 2 aromatic heterocycles. The number of pyridine rings is 2. The van der Waals surface area contributed by atoms with Crippen LogP contribution in [0, 0.1) is 12.7 Å². The van der Waals surface area contributed by atoms with Gasteiger partial charge in [-0.1, -0.05) is 0 Å². The maximum atomic E-state index is 13.4. The number of rotatable bonds is 3. The first-order chi connectivity index (χ1) is 8.90. The molecule has 3 N–H and O–H groups in total. The van der Waals surface area contributed by atoms with Gasteiger partial charge in [-0.3, -0.25) is 4.72 Å². The minimum absolute atomic E-state index is 0.0826. The molecule has 2 aromatic rings. The van der Waals surface area contributed by atoms with Gasteiger partial charge >= 0.3 is 0 Å². The van der Waals surface area contributed by atoms with Crippen LogP contribution >= 0.6 is 0 Å². The number of aryl methyl sites for hydroxylation is 1. The van der Waals surface area contributed by atoms with Crippen molar-refractivity contribution in [1.82, 2.24) is 9.97 Å². The quantitative estimate of drug-likeness (QED) is 0.884. The zero-order valence-electron chi connectivity index (χ0n) is 9.96. The van der Waals surface area contributed by atoms with Crippen molar-refractivity contribution < 1.29 is 12.8 Å². The summed E-state index contributed by atoms with van der Waals surface area (Å²) in [7, 11) is -4.12. The van der Waals surface area contributed by atoms with Crippen molar-refractivity contribution in [2.75, 3.05) is 10.5 Å². The number of sulfonamides is 1. The maximum Gasteiger partial charge on any atom is 0.283 e. The number of hydrogen-bond acceptors (Lipinski definition) is 5. The Morgan fingerprint density at radius 2 is 2.11 bits per heavy atom. The van der Waals surface area contributed by atoms with Gasteiger partial charge in [-0.2, -0.15) is 8.42 Å². The van der Waals surface area contributed by atoms with E-state index in [2.05, 4.69) is 14.7 Å². The molecule has 0 saturated heterocycles. The lowest BCUT2D eigenvalue weighted by molar-refractivity contribution is 0.556. The van der Waals surface area contributed by atoms with Crippen LogP contribution in [0.1, 0.15) is 5.56 Å². The predicted octanol–water partition coefficient (Wildman–Crippen LogP) is 1.31. The summed E-state index contributed by atoms with van der Waals surface area (Å²) in [6.07, 6.45) is 2.50. The molecule has 0 radical (unpaired) electrons. The Morgan fingerprint density at radius 3 is 2.74 bits per heavy atom. The van der Waals surface area contributed by atoms with Gasteiger partial charge in [-0.05, 0) is 30.7 Å². The maximum absolute atomic E-state index is 13.4. The second-order valence-electron chi connectivity index (χ2n) is 3.83. The highest BCUT2D eigenvalue weighted by atomic mass is 32.2. The molecular formula is C11H11FN4O2S. The van der Waals surface area contributed by atoms with Crippen molar-refractivity contribution in [1.29, 1.82) is 0 Å². The monoisotopic (exact) mass is 282 g/mol. The topological polar surface area (TPSA) is 98.0 Å². The van der Waals surface area contributed by atoms with Crippen LogP contribution in [0.25, 0.3) is 0 Å². The average molecular weight is 282 g/mol. The van der Waals surface area contributed by atoms with Gasteiger partial charge in [0, 0.05) is 6.20 Å². The van der Waals surface area contributed by atoms with E-state index in [1.165, 1.54) is 18.5 Å². The number of nitrogen functional groups attached to an aromatic ring is 1. The normalized spacial score (nSPS) is 11.3. The summed E-state index contributed by atoms with van der Waals surface area (Å²) in [5, 5.41) is -0.673. The summed E-state index contributed by atoms with van der Waals surface area (Å²) in [5.74, 6) is -0.845. The van der Waals surface area contributed by atoms with E-state index in [-0.39, 0.29) is 5.82 Å². The van der Waals surface area contributed by atoms with Crippen LogP contribution in [-0.2, 0) is 10.0 Å². The highest BCUT2D eigenvalue weighted by Gasteiger charge is 2.21. The molecule has 100 valence electrons. The summed E-state index contributed by atoms with van der Waals surface area (Å²) in [6, 6.07) is 3.88. The van der Waals surface area contributed by atoms with Crippen molar-refractivity contribution in [2.45, 2.75) is 11.9 Å². The molecule has 0 saturated carbocycles. The number of halogens is 1. The standard InChI is InChI=1S/C11H11FN4O2S/c1-7-5-8(13)6-15-10(7)16-19(17,18)11-9(12)3-2-4-14-11/h2-6H,13H2,1H3,(H,15,16). The Hall–Kier alpha value is -2.22. The van der Waals surface area contributed by atoms with Gasteiger partial charge in [0.2, 0.25) is 5.03 Å². The number of nitrogens with zero attached hydrogens (tertiary/aromatic N) is 2. The van der Waals surface area contributed by atoms with Gasteiger partial charge in [0.1, 0.15) is 5.82 Å². The molecule has 0 aromatic carbocycles. The van der Waals surface area contributed by atoms with Crippen LogP contribution in [0.3, 0.4) is 0 Å². The van der Waals surface area contributed by atoms with E-state index in [1.807, 2.05) is 0 Å². The minimum atomic E-state index is -4.12. The first-order valence-electron chi connectivity index (χ1n) is 5.25. The third-order valence-corrected chi connectivity index (χ3v) is 3.58. The molecule has 0 fully saturated rings. The zero-order chi connectivity index (χ0) is 14.0. The number of nitrogens with two attached hydrogens (primary N) is 1. The summed E-state index contributed by atoms with van der Waals surface area (Å²) >= 11 is 0. The molecule has 8 heteroatoms. The summed E-state index contributed by atoms with van der Waals surface area (Å²) in [6.45, 7) is 1.63. The van der Waals surface area contributed by atoms with Gasteiger partial charge < -0.3 is 5.73 Å². The van der Waals surface area contributed by atoms with Crippen LogP contribution in [0.2, 0.25) is 0 Å². The fourth-order valence-corrected chi connectivity index (χ4v) is 2.54. The Kier molecular flexibility index (Phi) is 3.34. The SMILES string of the molecule is Cc1cc(N)cnc1NS(=O)(=O)c1ncccc1F. The van der Waals surface area contributed by atoms with E-state index in [1.54, 1.807) is 13.0 Å². The van der Waals surface area contributed by atoms with E-state index in [4.69, 9.17) is 5.73 Å². The molecule has 0 aliphatic rings. The number of nitrogens with one attached hydrogen (secondary N) is 1. The van der Waals surface area contributed by atoms with Crippen LogP contribution in [-0.4, -0.2) is 18.4 Å². The van der Waals surface area contributed by atoms with E-state index in [0.29, 0.717) is 11.3 Å². The van der Waals surface area contributed by atoms with Crippen molar-refractivity contribution in [3.63, 3.8) is 0 Å². The van der Waals surface area contributed by atoms with Crippen LogP contribution < -0.4 is 10.5 Å². The lowest BCUT2D eigenvalue weighted by Crippen LogP contribution is -2.17. The Bertz CT molecular complexity index is 718. The third kappa shape index (κ3) is 2.79. The largest absolute Gasteiger partial charge is 0.397 e. The predicted molar refractivity (Wildman–Crippen MR) is 68.4 cm³/mol. The number of aromatic nitrogens is 2. The molecule has 2 heterocycles. The van der Waals surface area contributed by atoms with Crippen LogP contribution in [0.15, 0.2) is 35.6 Å². The molecule has 19 heavy (non-hydrogen) atoms. The molecule has 0 bridgehead atoms. The molecule has 0 amide bonds. The molecule has 0 aliphatic heterocycles. The molecule has 6 nitrogen and oxygen atoms in total. The Balaban J connectivity index is 2.40. The van der Waals surface area contributed by atoms with Crippen molar-refractivity contribution in [3.05, 3.63) is 42.0 Å².